The number of halogens is 1. The molecule has 166 valence electrons. The zero-order valence-corrected chi connectivity index (χ0v) is 19.2. The first-order valence-electron chi connectivity index (χ1n) is 10.8. The number of amides is 1. The average molecular weight is 459 g/mol. The lowest BCUT2D eigenvalue weighted by Gasteiger charge is -2.34. The fourth-order valence-electron chi connectivity index (χ4n) is 4.38. The first-order valence-corrected chi connectivity index (χ1v) is 11.2. The van der Waals surface area contributed by atoms with Crippen LogP contribution in [0.2, 0.25) is 5.02 Å². The number of rotatable bonds is 4. The fraction of sp³-hybridized carbons (Fsp3) is 0.192. The molecule has 4 aromatic rings. The number of benzene rings is 2. The van der Waals surface area contributed by atoms with Gasteiger partial charge in [-0.2, -0.15) is 0 Å². The predicted octanol–water partition coefficient (Wildman–Crippen LogP) is 4.88. The van der Waals surface area contributed by atoms with Crippen molar-refractivity contribution in [1.82, 2.24) is 19.0 Å². The molecule has 0 spiro atoms. The highest BCUT2D eigenvalue weighted by molar-refractivity contribution is 6.30. The van der Waals surface area contributed by atoms with Gasteiger partial charge in [-0.05, 0) is 60.9 Å². The van der Waals surface area contributed by atoms with Crippen molar-refractivity contribution in [3.63, 3.8) is 0 Å². The molecule has 0 fully saturated rings. The molecular weight excluding hydrogens is 436 g/mol. The van der Waals surface area contributed by atoms with E-state index in [2.05, 4.69) is 11.1 Å². The predicted molar refractivity (Wildman–Crippen MR) is 129 cm³/mol. The molecule has 0 N–H and O–H groups in total. The van der Waals surface area contributed by atoms with Crippen LogP contribution >= 0.6 is 11.6 Å². The van der Waals surface area contributed by atoms with E-state index in [0.717, 1.165) is 22.4 Å². The summed E-state index contributed by atoms with van der Waals surface area (Å²) in [5.41, 5.74) is 4.64. The molecular formula is C26H23ClN4O2. The van der Waals surface area contributed by atoms with Gasteiger partial charge < -0.3 is 14.0 Å². The summed E-state index contributed by atoms with van der Waals surface area (Å²) in [7, 11) is 0. The number of aryl methyl sites for hydroxylation is 1. The van der Waals surface area contributed by atoms with E-state index in [-0.39, 0.29) is 17.5 Å². The number of fused-ring (bicyclic) bond motifs is 1. The van der Waals surface area contributed by atoms with Gasteiger partial charge in [-0.3, -0.25) is 9.59 Å². The van der Waals surface area contributed by atoms with Crippen molar-refractivity contribution >= 4 is 17.5 Å². The molecule has 7 heteroatoms. The summed E-state index contributed by atoms with van der Waals surface area (Å²) in [6.07, 6.45) is 3.42. The van der Waals surface area contributed by atoms with Gasteiger partial charge in [-0.1, -0.05) is 41.9 Å². The molecule has 0 saturated carbocycles. The second-order valence-electron chi connectivity index (χ2n) is 8.29. The first kappa shape index (κ1) is 21.2. The van der Waals surface area contributed by atoms with E-state index in [1.807, 2.05) is 61.2 Å². The number of aromatic nitrogens is 3. The first-order chi connectivity index (χ1) is 15.9. The summed E-state index contributed by atoms with van der Waals surface area (Å²) in [6, 6.07) is 19.2. The molecule has 6 nitrogen and oxygen atoms in total. The molecule has 0 unspecified atom stereocenters. The molecule has 5 rings (SSSR count). The number of pyridine rings is 1. The standard InChI is InChI=1S/C26H23ClN4O2/c1-17-15-29(16-28-17)23-9-10-24-26(33)30(11-12-31(24)25(23)32)18(2)19-5-3-6-20(13-19)21-7-4-8-22(27)14-21/h3-10,13-16,18H,11-12H2,1-2H3/t18-/m0/s1. The van der Waals surface area contributed by atoms with Crippen LogP contribution in [-0.4, -0.2) is 31.5 Å². The van der Waals surface area contributed by atoms with Crippen molar-refractivity contribution in [2.24, 2.45) is 0 Å². The Bertz CT molecular complexity index is 1420. The Balaban J connectivity index is 1.45. The van der Waals surface area contributed by atoms with Crippen molar-refractivity contribution < 1.29 is 4.79 Å². The second kappa shape index (κ2) is 8.37. The van der Waals surface area contributed by atoms with Gasteiger partial charge >= 0.3 is 0 Å². The summed E-state index contributed by atoms with van der Waals surface area (Å²) < 4.78 is 3.27. The molecule has 1 aliphatic heterocycles. The topological polar surface area (TPSA) is 60.1 Å². The number of nitrogens with zero attached hydrogens (tertiary/aromatic N) is 4. The highest BCUT2D eigenvalue weighted by atomic mass is 35.5. The molecule has 1 amide bonds. The molecule has 0 aliphatic carbocycles. The van der Waals surface area contributed by atoms with Crippen molar-refractivity contribution in [2.75, 3.05) is 6.54 Å². The van der Waals surface area contributed by atoms with Gasteiger partial charge in [0.05, 0.1) is 18.1 Å². The van der Waals surface area contributed by atoms with Crippen LogP contribution in [0.4, 0.5) is 0 Å². The van der Waals surface area contributed by atoms with Crippen LogP contribution < -0.4 is 5.56 Å². The Morgan fingerprint density at radius 1 is 0.970 bits per heavy atom. The van der Waals surface area contributed by atoms with Crippen LogP contribution in [0, 0.1) is 6.92 Å². The van der Waals surface area contributed by atoms with E-state index >= 15 is 0 Å². The van der Waals surface area contributed by atoms with Crippen LogP contribution in [0.5, 0.6) is 0 Å². The van der Waals surface area contributed by atoms with Gasteiger partial charge in [-0.25, -0.2) is 4.98 Å². The minimum absolute atomic E-state index is 0.142. The lowest BCUT2D eigenvalue weighted by atomic mass is 9.99. The van der Waals surface area contributed by atoms with Crippen LogP contribution in [0.25, 0.3) is 16.8 Å². The van der Waals surface area contributed by atoms with Crippen LogP contribution in [0.3, 0.4) is 0 Å². The lowest BCUT2D eigenvalue weighted by molar-refractivity contribution is 0.0628. The monoisotopic (exact) mass is 458 g/mol. The van der Waals surface area contributed by atoms with E-state index < -0.39 is 0 Å². The third kappa shape index (κ3) is 3.87. The Kier molecular flexibility index (Phi) is 5.38. The van der Waals surface area contributed by atoms with E-state index in [0.29, 0.717) is 29.5 Å². The second-order valence-corrected chi connectivity index (χ2v) is 8.73. The number of imidazole rings is 1. The van der Waals surface area contributed by atoms with Crippen LogP contribution in [0.1, 0.15) is 34.7 Å². The SMILES string of the molecule is Cc1cn(-c2ccc3n(c2=O)CCN([C@@H](C)c2cccc(-c4cccc(Cl)c4)c2)C3=O)cn1. The summed E-state index contributed by atoms with van der Waals surface area (Å²) in [5.74, 6) is -0.146. The molecule has 2 aromatic carbocycles. The van der Waals surface area contributed by atoms with Crippen molar-refractivity contribution in [3.8, 4) is 16.8 Å². The molecule has 3 heterocycles. The fourth-order valence-corrected chi connectivity index (χ4v) is 4.57. The number of hydrogen-bond donors (Lipinski definition) is 0. The van der Waals surface area contributed by atoms with E-state index in [1.165, 1.54) is 0 Å². The minimum Gasteiger partial charge on any atom is -0.329 e. The zero-order chi connectivity index (χ0) is 23.1. The molecule has 1 aliphatic rings. The van der Waals surface area contributed by atoms with Gasteiger partial charge in [0.2, 0.25) is 0 Å². The maximum absolute atomic E-state index is 13.4. The highest BCUT2D eigenvalue weighted by Crippen LogP contribution is 2.29. The molecule has 1 atom stereocenters. The van der Waals surface area contributed by atoms with E-state index in [9.17, 15) is 9.59 Å². The summed E-state index contributed by atoms with van der Waals surface area (Å²) in [6.45, 7) is 4.79. The average Bonchev–Trinajstić information content (AvgIpc) is 3.25. The summed E-state index contributed by atoms with van der Waals surface area (Å²) in [4.78, 5) is 32.5. The van der Waals surface area contributed by atoms with Gasteiger partial charge in [0.1, 0.15) is 11.4 Å². The maximum Gasteiger partial charge on any atom is 0.275 e. The molecule has 33 heavy (non-hydrogen) atoms. The Hall–Kier alpha value is -3.64. The minimum atomic E-state index is -0.187. The maximum atomic E-state index is 13.4. The number of hydrogen-bond acceptors (Lipinski definition) is 3. The molecule has 0 saturated heterocycles. The third-order valence-electron chi connectivity index (χ3n) is 6.18. The van der Waals surface area contributed by atoms with Crippen LogP contribution in [0.15, 0.2) is 78.0 Å². The number of carbonyl (C=O) groups is 1. The van der Waals surface area contributed by atoms with E-state index in [4.69, 9.17) is 11.6 Å². The summed E-state index contributed by atoms with van der Waals surface area (Å²) >= 11 is 6.16. The Morgan fingerprint density at radius 3 is 2.45 bits per heavy atom. The third-order valence-corrected chi connectivity index (χ3v) is 6.42. The van der Waals surface area contributed by atoms with Gasteiger partial charge in [0.15, 0.2) is 0 Å². The van der Waals surface area contributed by atoms with Gasteiger partial charge in [-0.15, -0.1) is 0 Å². The normalized spacial score (nSPS) is 14.3. The molecule has 0 bridgehead atoms. The van der Waals surface area contributed by atoms with Crippen molar-refractivity contribution in [3.05, 3.63) is 106 Å². The van der Waals surface area contributed by atoms with Crippen molar-refractivity contribution in [1.29, 1.82) is 0 Å². The van der Waals surface area contributed by atoms with Gasteiger partial charge in [0.25, 0.3) is 11.5 Å². The van der Waals surface area contributed by atoms with Crippen LogP contribution in [-0.2, 0) is 6.54 Å². The largest absolute Gasteiger partial charge is 0.329 e. The van der Waals surface area contributed by atoms with Crippen molar-refractivity contribution in [2.45, 2.75) is 26.4 Å². The Morgan fingerprint density at radius 2 is 1.73 bits per heavy atom. The van der Waals surface area contributed by atoms with Gasteiger partial charge in [0, 0.05) is 24.3 Å². The number of carbonyl (C=O) groups excluding carboxylic acids is 1. The molecule has 0 radical (unpaired) electrons. The van der Waals surface area contributed by atoms with E-state index in [1.54, 1.807) is 33.8 Å². The lowest BCUT2D eigenvalue weighted by Crippen LogP contribution is -2.45. The smallest absolute Gasteiger partial charge is 0.275 e. The summed E-state index contributed by atoms with van der Waals surface area (Å²) in [5, 5.41) is 0.685. The zero-order valence-electron chi connectivity index (χ0n) is 18.4. The highest BCUT2D eigenvalue weighted by Gasteiger charge is 2.30. The Labute approximate surface area is 196 Å². The quantitative estimate of drug-likeness (QED) is 0.438. The molecule has 2 aromatic heterocycles.